The van der Waals surface area contributed by atoms with E-state index in [4.69, 9.17) is 13.9 Å². The summed E-state index contributed by atoms with van der Waals surface area (Å²) in [4.78, 5) is 11.8. The first kappa shape index (κ1) is 16.8. The van der Waals surface area contributed by atoms with Gasteiger partial charge in [0, 0.05) is 11.8 Å². The second-order valence-corrected chi connectivity index (χ2v) is 6.93. The van der Waals surface area contributed by atoms with E-state index in [-0.39, 0.29) is 11.2 Å². The molecule has 0 atom stereocenters. The molecule has 1 aromatic heterocycles. The van der Waals surface area contributed by atoms with Gasteiger partial charge in [-0.05, 0) is 48.2 Å². The van der Waals surface area contributed by atoms with Gasteiger partial charge in [-0.3, -0.25) is 0 Å². The van der Waals surface area contributed by atoms with Crippen LogP contribution < -0.4 is 0 Å². The second kappa shape index (κ2) is 6.44. The molecule has 0 spiro atoms. The minimum absolute atomic E-state index is 0.00922. The van der Waals surface area contributed by atoms with Gasteiger partial charge in [0.25, 0.3) is 0 Å². The number of aryl methyl sites for hydroxylation is 1. The van der Waals surface area contributed by atoms with Gasteiger partial charge in [-0.25, -0.2) is 4.79 Å². The topological polar surface area (TPSA) is 48.7 Å². The molecule has 0 saturated carbocycles. The van der Waals surface area contributed by atoms with Crippen molar-refractivity contribution < 1.29 is 18.7 Å². The van der Waals surface area contributed by atoms with Crippen molar-refractivity contribution in [3.05, 3.63) is 58.0 Å². The number of rotatable bonds is 4. The Kier molecular flexibility index (Phi) is 4.50. The van der Waals surface area contributed by atoms with Crippen LogP contribution in [0.25, 0.3) is 0 Å². The molecule has 0 amide bonds. The van der Waals surface area contributed by atoms with Crippen LogP contribution in [0.3, 0.4) is 0 Å². The van der Waals surface area contributed by atoms with E-state index in [0.717, 1.165) is 12.4 Å². The van der Waals surface area contributed by atoms with Crippen molar-refractivity contribution in [2.24, 2.45) is 0 Å². The Labute approximate surface area is 142 Å². The molecule has 0 fully saturated rings. The summed E-state index contributed by atoms with van der Waals surface area (Å²) in [5.41, 5.74) is 5.04. The summed E-state index contributed by atoms with van der Waals surface area (Å²) in [6.45, 7) is 9.99. The molecular formula is C20H24O4. The Morgan fingerprint density at radius 1 is 1.25 bits per heavy atom. The molecule has 2 aromatic rings. The third-order valence-corrected chi connectivity index (χ3v) is 4.59. The van der Waals surface area contributed by atoms with Gasteiger partial charge in [-0.15, -0.1) is 0 Å². The number of hydrogen-bond acceptors (Lipinski definition) is 4. The number of carbonyl (C=O) groups excluding carboxylic acids is 1. The van der Waals surface area contributed by atoms with E-state index in [0.29, 0.717) is 19.6 Å². The van der Waals surface area contributed by atoms with E-state index < -0.39 is 5.97 Å². The molecule has 0 saturated heterocycles. The quantitative estimate of drug-likeness (QED) is 0.791. The standard InChI is InChI=1S/C20H24O4/c1-5-23-19(21)18-9-7-14(24-18)10-15-13(2)6-8-17-16(15)11-22-12-20(17,3)4/h6-9H,5,10-12H2,1-4H3. The van der Waals surface area contributed by atoms with Gasteiger partial charge >= 0.3 is 5.97 Å². The van der Waals surface area contributed by atoms with Gasteiger partial charge in [0.1, 0.15) is 5.76 Å². The number of ether oxygens (including phenoxy) is 2. The molecule has 1 aliphatic rings. The maximum absolute atomic E-state index is 11.8. The van der Waals surface area contributed by atoms with E-state index in [1.807, 2.05) is 6.07 Å². The number of carbonyl (C=O) groups is 1. The molecule has 0 radical (unpaired) electrons. The van der Waals surface area contributed by atoms with E-state index in [1.54, 1.807) is 13.0 Å². The van der Waals surface area contributed by atoms with Crippen LogP contribution in [0.1, 0.15) is 59.3 Å². The average Bonchev–Trinajstić information content (AvgIpc) is 2.99. The molecular weight excluding hydrogens is 304 g/mol. The summed E-state index contributed by atoms with van der Waals surface area (Å²) in [5.74, 6) is 0.601. The van der Waals surface area contributed by atoms with Gasteiger partial charge in [0.05, 0.1) is 19.8 Å². The molecule has 128 valence electrons. The van der Waals surface area contributed by atoms with Crippen molar-refractivity contribution in [2.75, 3.05) is 13.2 Å². The van der Waals surface area contributed by atoms with Gasteiger partial charge in [0.15, 0.2) is 0 Å². The average molecular weight is 328 g/mol. The minimum Gasteiger partial charge on any atom is -0.460 e. The van der Waals surface area contributed by atoms with Crippen molar-refractivity contribution in [2.45, 2.75) is 46.1 Å². The molecule has 4 nitrogen and oxygen atoms in total. The van der Waals surface area contributed by atoms with Crippen LogP contribution in [0.2, 0.25) is 0 Å². The predicted octanol–water partition coefficient (Wildman–Crippen LogP) is 4.16. The normalized spacial score (nSPS) is 15.8. The number of benzene rings is 1. The Hall–Kier alpha value is -2.07. The SMILES string of the molecule is CCOC(=O)c1ccc(Cc2c(C)ccc3c2COCC3(C)C)o1. The molecule has 0 bridgehead atoms. The maximum atomic E-state index is 11.8. The summed E-state index contributed by atoms with van der Waals surface area (Å²) in [6, 6.07) is 7.90. The van der Waals surface area contributed by atoms with Crippen LogP contribution in [-0.2, 0) is 27.9 Å². The Bertz CT molecular complexity index is 755. The first-order valence-electron chi connectivity index (χ1n) is 8.38. The molecule has 0 unspecified atom stereocenters. The van der Waals surface area contributed by atoms with Crippen LogP contribution in [0.15, 0.2) is 28.7 Å². The summed E-state index contributed by atoms with van der Waals surface area (Å²) in [7, 11) is 0. The van der Waals surface area contributed by atoms with E-state index in [2.05, 4.69) is 32.9 Å². The van der Waals surface area contributed by atoms with Crippen LogP contribution in [0, 0.1) is 6.92 Å². The smallest absolute Gasteiger partial charge is 0.374 e. The van der Waals surface area contributed by atoms with Gasteiger partial charge < -0.3 is 13.9 Å². The van der Waals surface area contributed by atoms with Crippen molar-refractivity contribution >= 4 is 5.97 Å². The highest BCUT2D eigenvalue weighted by atomic mass is 16.5. The predicted molar refractivity (Wildman–Crippen MR) is 91.3 cm³/mol. The van der Waals surface area contributed by atoms with Gasteiger partial charge in [0.2, 0.25) is 5.76 Å². The zero-order chi connectivity index (χ0) is 17.3. The van der Waals surface area contributed by atoms with E-state index >= 15 is 0 Å². The van der Waals surface area contributed by atoms with Crippen molar-refractivity contribution in [3.8, 4) is 0 Å². The molecule has 1 aliphatic heterocycles. The van der Waals surface area contributed by atoms with Crippen molar-refractivity contribution in [3.63, 3.8) is 0 Å². The molecule has 2 heterocycles. The first-order valence-corrected chi connectivity index (χ1v) is 8.38. The van der Waals surface area contributed by atoms with E-state index in [9.17, 15) is 4.79 Å². The molecule has 1 aromatic carbocycles. The van der Waals surface area contributed by atoms with Crippen LogP contribution in [0.5, 0.6) is 0 Å². The molecule has 3 rings (SSSR count). The van der Waals surface area contributed by atoms with Crippen molar-refractivity contribution in [1.29, 1.82) is 0 Å². The Morgan fingerprint density at radius 2 is 2.04 bits per heavy atom. The fourth-order valence-corrected chi connectivity index (χ4v) is 3.30. The lowest BCUT2D eigenvalue weighted by atomic mass is 9.78. The monoisotopic (exact) mass is 328 g/mol. The summed E-state index contributed by atoms with van der Waals surface area (Å²) < 4.78 is 16.5. The third-order valence-electron chi connectivity index (χ3n) is 4.59. The lowest BCUT2D eigenvalue weighted by molar-refractivity contribution is 0.0488. The molecule has 0 aliphatic carbocycles. The summed E-state index contributed by atoms with van der Waals surface area (Å²) in [6.07, 6.45) is 0.647. The fraction of sp³-hybridized carbons (Fsp3) is 0.450. The summed E-state index contributed by atoms with van der Waals surface area (Å²) >= 11 is 0. The van der Waals surface area contributed by atoms with Crippen molar-refractivity contribution in [1.82, 2.24) is 0 Å². The summed E-state index contributed by atoms with van der Waals surface area (Å²) in [5, 5.41) is 0. The third kappa shape index (κ3) is 3.11. The molecule has 24 heavy (non-hydrogen) atoms. The number of fused-ring (bicyclic) bond motifs is 1. The highest BCUT2D eigenvalue weighted by Gasteiger charge is 2.30. The molecule has 4 heteroatoms. The van der Waals surface area contributed by atoms with Crippen LogP contribution >= 0.6 is 0 Å². The lowest BCUT2D eigenvalue weighted by Crippen LogP contribution is -2.31. The number of furan rings is 1. The highest BCUT2D eigenvalue weighted by molar-refractivity contribution is 5.86. The van der Waals surface area contributed by atoms with E-state index in [1.165, 1.54) is 22.3 Å². The number of hydrogen-bond donors (Lipinski definition) is 0. The Balaban J connectivity index is 1.92. The first-order chi connectivity index (χ1) is 11.4. The lowest BCUT2D eigenvalue weighted by Gasteiger charge is -2.34. The highest BCUT2D eigenvalue weighted by Crippen LogP contribution is 2.35. The van der Waals surface area contributed by atoms with Crippen LogP contribution in [-0.4, -0.2) is 19.2 Å². The minimum atomic E-state index is -0.417. The largest absolute Gasteiger partial charge is 0.460 e. The van der Waals surface area contributed by atoms with Gasteiger partial charge in [-0.2, -0.15) is 0 Å². The Morgan fingerprint density at radius 3 is 2.79 bits per heavy atom. The zero-order valence-electron chi connectivity index (χ0n) is 14.8. The fourth-order valence-electron chi connectivity index (χ4n) is 3.30. The number of esters is 1. The van der Waals surface area contributed by atoms with Crippen LogP contribution in [0.4, 0.5) is 0 Å². The van der Waals surface area contributed by atoms with Gasteiger partial charge in [-0.1, -0.05) is 26.0 Å². The zero-order valence-corrected chi connectivity index (χ0v) is 14.8. The second-order valence-electron chi connectivity index (χ2n) is 6.93. The molecule has 0 N–H and O–H groups in total. The maximum Gasteiger partial charge on any atom is 0.374 e.